The predicted octanol–water partition coefficient (Wildman–Crippen LogP) is -0.375. The Hall–Kier alpha value is 0.0300. The molecule has 0 aromatic heterocycles. The summed E-state index contributed by atoms with van der Waals surface area (Å²) in [6, 6.07) is 0.183. The molecule has 0 aliphatic carbocycles. The molecule has 0 fully saturated rings. The maximum absolute atomic E-state index is 9.96. The van der Waals surface area contributed by atoms with Crippen molar-refractivity contribution >= 4 is 11.3 Å². The maximum atomic E-state index is 9.96. The molecule has 0 aliphatic heterocycles. The first-order chi connectivity index (χ1) is 4.04. The van der Waals surface area contributed by atoms with Gasteiger partial charge in [0.05, 0.1) is 0 Å². The van der Waals surface area contributed by atoms with E-state index in [2.05, 4.69) is 4.83 Å². The lowest BCUT2D eigenvalue weighted by Crippen LogP contribution is -2.40. The lowest BCUT2D eigenvalue weighted by atomic mass is 10.4. The van der Waals surface area contributed by atoms with E-state index in [4.69, 9.17) is 0 Å². The fourth-order valence-electron chi connectivity index (χ4n) is 0.223. The van der Waals surface area contributed by atoms with Crippen molar-refractivity contribution in [2.24, 2.45) is 0 Å². The van der Waals surface area contributed by atoms with E-state index in [9.17, 15) is 8.76 Å². The molecule has 9 heavy (non-hydrogen) atoms. The molecule has 1 N–H and O–H groups in total. The minimum absolute atomic E-state index is 0.183. The highest BCUT2D eigenvalue weighted by Crippen LogP contribution is 1.86. The summed E-state index contributed by atoms with van der Waals surface area (Å²) in [6.07, 6.45) is 0. The third-order valence-electron chi connectivity index (χ3n) is 0.993. The van der Waals surface area contributed by atoms with Gasteiger partial charge in [-0.1, -0.05) is 0 Å². The van der Waals surface area contributed by atoms with Crippen LogP contribution in [-0.2, 0) is 11.3 Å². The summed E-state index contributed by atoms with van der Waals surface area (Å²) in [5, 5.41) is 1.50. The first-order valence-corrected chi connectivity index (χ1v) is 3.70. The average Bonchev–Trinajstić information content (AvgIpc) is 1.63. The summed E-state index contributed by atoms with van der Waals surface area (Å²) in [5.41, 5.74) is 0. The fourth-order valence-corrected chi connectivity index (χ4v) is 0.669. The molecule has 0 saturated carbocycles. The molecule has 0 rings (SSSR count). The van der Waals surface area contributed by atoms with Gasteiger partial charge in [0.1, 0.15) is 0 Å². The van der Waals surface area contributed by atoms with Crippen molar-refractivity contribution in [3.8, 4) is 0 Å². The van der Waals surface area contributed by atoms with Crippen LogP contribution in [0, 0.1) is 0 Å². The van der Waals surface area contributed by atoms with Gasteiger partial charge in [-0.15, -0.1) is 0 Å². The van der Waals surface area contributed by atoms with Crippen LogP contribution in [0.1, 0.15) is 13.8 Å². The molecular formula is C4H11N2O2S-. The zero-order chi connectivity index (χ0) is 7.44. The molecule has 0 heterocycles. The minimum Gasteiger partial charge on any atom is -0.759 e. The first-order valence-electron chi connectivity index (χ1n) is 2.62. The van der Waals surface area contributed by atoms with E-state index in [1.807, 2.05) is 13.8 Å². The van der Waals surface area contributed by atoms with Crippen LogP contribution in [0.3, 0.4) is 0 Å². The predicted molar refractivity (Wildman–Crippen MR) is 35.0 cm³/mol. The summed E-state index contributed by atoms with van der Waals surface area (Å²) in [4.78, 5) is 2.19. The van der Waals surface area contributed by atoms with Crippen molar-refractivity contribution in [3.05, 3.63) is 0 Å². The number of hydrazine groups is 1. The lowest BCUT2D eigenvalue weighted by Gasteiger charge is -2.22. The van der Waals surface area contributed by atoms with Gasteiger partial charge in [-0.25, -0.2) is 5.01 Å². The van der Waals surface area contributed by atoms with E-state index in [1.165, 1.54) is 5.01 Å². The first kappa shape index (κ1) is 9.03. The van der Waals surface area contributed by atoms with Crippen LogP contribution in [0.25, 0.3) is 0 Å². The molecule has 56 valence electrons. The number of nitrogens with zero attached hydrogens (tertiary/aromatic N) is 1. The molecule has 0 bridgehead atoms. The van der Waals surface area contributed by atoms with Crippen molar-refractivity contribution in [1.82, 2.24) is 9.84 Å². The molecule has 4 nitrogen and oxygen atoms in total. The summed E-state index contributed by atoms with van der Waals surface area (Å²) in [6.45, 7) is 3.78. The van der Waals surface area contributed by atoms with Crippen molar-refractivity contribution < 1.29 is 8.76 Å². The minimum atomic E-state index is -2.19. The third kappa shape index (κ3) is 4.53. The summed E-state index contributed by atoms with van der Waals surface area (Å²) in [7, 11) is 1.67. The Kier molecular flexibility index (Phi) is 3.96. The zero-order valence-corrected chi connectivity index (χ0v) is 6.57. The molecule has 1 unspecified atom stereocenters. The number of hydrogen-bond donors (Lipinski definition) is 1. The van der Waals surface area contributed by atoms with Gasteiger partial charge in [0.15, 0.2) is 0 Å². The topological polar surface area (TPSA) is 55.4 Å². The van der Waals surface area contributed by atoms with E-state index in [-0.39, 0.29) is 6.04 Å². The fraction of sp³-hybridized carbons (Fsp3) is 1.00. The van der Waals surface area contributed by atoms with Crippen LogP contribution in [0.4, 0.5) is 0 Å². The third-order valence-corrected chi connectivity index (χ3v) is 1.43. The largest absolute Gasteiger partial charge is 0.759 e. The second-order valence-corrected chi connectivity index (χ2v) is 2.68. The van der Waals surface area contributed by atoms with Crippen LogP contribution >= 0.6 is 0 Å². The Morgan fingerprint density at radius 1 is 1.67 bits per heavy atom. The van der Waals surface area contributed by atoms with Crippen LogP contribution in [-0.4, -0.2) is 26.9 Å². The Labute approximate surface area is 57.6 Å². The van der Waals surface area contributed by atoms with Gasteiger partial charge in [0.25, 0.3) is 0 Å². The van der Waals surface area contributed by atoms with Gasteiger partial charge < -0.3 is 4.55 Å². The number of hydrogen-bond acceptors (Lipinski definition) is 3. The summed E-state index contributed by atoms with van der Waals surface area (Å²) in [5.74, 6) is 0. The Morgan fingerprint density at radius 2 is 2.11 bits per heavy atom. The second-order valence-electron chi connectivity index (χ2n) is 2.03. The van der Waals surface area contributed by atoms with Crippen LogP contribution in [0.5, 0.6) is 0 Å². The van der Waals surface area contributed by atoms with E-state index >= 15 is 0 Å². The lowest BCUT2D eigenvalue weighted by molar-refractivity contribution is 0.237. The van der Waals surface area contributed by atoms with E-state index in [0.717, 1.165) is 0 Å². The van der Waals surface area contributed by atoms with Gasteiger partial charge in [0.2, 0.25) is 0 Å². The summed E-state index contributed by atoms with van der Waals surface area (Å²) < 4.78 is 19.9. The smallest absolute Gasteiger partial charge is 0.0326 e. The molecular weight excluding hydrogens is 140 g/mol. The molecule has 0 aromatic carbocycles. The van der Waals surface area contributed by atoms with Crippen LogP contribution < -0.4 is 4.83 Å². The molecule has 5 heteroatoms. The van der Waals surface area contributed by atoms with E-state index in [0.29, 0.717) is 0 Å². The average molecular weight is 151 g/mol. The second kappa shape index (κ2) is 3.94. The van der Waals surface area contributed by atoms with Gasteiger partial charge in [0, 0.05) is 24.4 Å². The molecule has 1 atom stereocenters. The van der Waals surface area contributed by atoms with Crippen molar-refractivity contribution in [1.29, 1.82) is 0 Å². The molecule has 0 spiro atoms. The van der Waals surface area contributed by atoms with Crippen molar-refractivity contribution in [2.45, 2.75) is 19.9 Å². The molecule has 0 aromatic rings. The van der Waals surface area contributed by atoms with Crippen LogP contribution in [0.2, 0.25) is 0 Å². The normalized spacial score (nSPS) is 14.9. The quantitative estimate of drug-likeness (QED) is 0.442. The Morgan fingerprint density at radius 3 is 2.22 bits per heavy atom. The number of rotatable bonds is 3. The molecule has 0 aliphatic rings. The Balaban J connectivity index is 3.50. The van der Waals surface area contributed by atoms with Gasteiger partial charge >= 0.3 is 0 Å². The number of nitrogens with one attached hydrogen (secondary N) is 1. The van der Waals surface area contributed by atoms with Crippen molar-refractivity contribution in [3.63, 3.8) is 0 Å². The monoisotopic (exact) mass is 151 g/mol. The van der Waals surface area contributed by atoms with Gasteiger partial charge in [-0.05, 0) is 13.8 Å². The van der Waals surface area contributed by atoms with Crippen molar-refractivity contribution in [2.75, 3.05) is 7.05 Å². The molecule has 0 amide bonds. The molecule has 0 radical (unpaired) electrons. The SMILES string of the molecule is CC(C)N(C)NS(=O)[O-]. The highest BCUT2D eigenvalue weighted by molar-refractivity contribution is 7.76. The standard InChI is InChI=1S/C4H12N2O2S/c1-4(2)6(3)5-9(7)8/h4-5H,1-3H3,(H,7,8)/p-1. The van der Waals surface area contributed by atoms with E-state index in [1.54, 1.807) is 7.05 Å². The Bertz CT molecular complexity index is 107. The highest BCUT2D eigenvalue weighted by Gasteiger charge is 1.99. The van der Waals surface area contributed by atoms with Gasteiger partial charge in [-0.3, -0.25) is 4.21 Å². The van der Waals surface area contributed by atoms with E-state index < -0.39 is 11.3 Å². The van der Waals surface area contributed by atoms with Gasteiger partial charge in [-0.2, -0.15) is 4.83 Å². The maximum Gasteiger partial charge on any atom is 0.0326 e. The highest BCUT2D eigenvalue weighted by atomic mass is 32.2. The zero-order valence-electron chi connectivity index (χ0n) is 5.75. The summed E-state index contributed by atoms with van der Waals surface area (Å²) >= 11 is -2.19. The molecule has 0 saturated heterocycles. The van der Waals surface area contributed by atoms with Crippen LogP contribution in [0.15, 0.2) is 0 Å².